The molecule has 21 heavy (non-hydrogen) atoms. The first-order valence-corrected chi connectivity index (χ1v) is 6.98. The van der Waals surface area contributed by atoms with Crippen LogP contribution in [0.2, 0.25) is 0 Å². The van der Waals surface area contributed by atoms with Gasteiger partial charge in [-0.3, -0.25) is 4.90 Å². The van der Waals surface area contributed by atoms with E-state index in [-0.39, 0.29) is 0 Å². The molecule has 0 bridgehead atoms. The Morgan fingerprint density at radius 1 is 1.24 bits per heavy atom. The van der Waals surface area contributed by atoms with Crippen LogP contribution < -0.4 is 4.90 Å². The first-order valence-electron chi connectivity index (χ1n) is 6.98. The normalized spacial score (nSPS) is 15.9. The highest BCUT2D eigenvalue weighted by Crippen LogP contribution is 2.16. The Labute approximate surface area is 123 Å². The van der Waals surface area contributed by atoms with Crippen LogP contribution in [0, 0.1) is 18.3 Å². The van der Waals surface area contributed by atoms with E-state index in [9.17, 15) is 0 Å². The van der Waals surface area contributed by atoms with Gasteiger partial charge in [-0.05, 0) is 19.1 Å². The monoisotopic (exact) mass is 283 g/mol. The molecule has 1 aliphatic heterocycles. The van der Waals surface area contributed by atoms with Crippen LogP contribution in [0.5, 0.6) is 0 Å². The van der Waals surface area contributed by atoms with Gasteiger partial charge in [-0.25, -0.2) is 9.97 Å². The molecule has 0 unspecified atom stereocenters. The molecular weight excluding hydrogens is 266 g/mol. The number of anilines is 1. The molecule has 0 N–H and O–H groups in total. The lowest BCUT2D eigenvalue weighted by atomic mass is 10.2. The number of nitriles is 1. The largest absolute Gasteiger partial charge is 0.448 e. The molecule has 3 heterocycles. The summed E-state index contributed by atoms with van der Waals surface area (Å²) in [6.07, 6.45) is 3.13. The number of piperazine rings is 1. The van der Waals surface area contributed by atoms with Crippen LogP contribution in [-0.4, -0.2) is 41.0 Å². The third kappa shape index (κ3) is 3.03. The molecule has 1 fully saturated rings. The Kier molecular flexibility index (Phi) is 3.84. The average Bonchev–Trinajstić information content (AvgIpc) is 2.93. The van der Waals surface area contributed by atoms with E-state index >= 15 is 0 Å². The summed E-state index contributed by atoms with van der Waals surface area (Å²) < 4.78 is 5.23. The summed E-state index contributed by atoms with van der Waals surface area (Å²) in [6, 6.07) is 5.81. The molecule has 6 nitrogen and oxygen atoms in total. The van der Waals surface area contributed by atoms with Gasteiger partial charge in [0.1, 0.15) is 17.6 Å². The molecule has 2 aromatic rings. The maximum atomic E-state index is 8.79. The Morgan fingerprint density at radius 3 is 2.62 bits per heavy atom. The second-order valence-corrected chi connectivity index (χ2v) is 5.14. The minimum atomic E-state index is 0.596. The molecule has 0 saturated carbocycles. The highest BCUT2D eigenvalue weighted by Gasteiger charge is 2.19. The summed E-state index contributed by atoms with van der Waals surface area (Å²) in [5.74, 6) is 1.83. The number of oxazole rings is 1. The van der Waals surface area contributed by atoms with Gasteiger partial charge in [0.2, 0.25) is 0 Å². The van der Waals surface area contributed by atoms with Gasteiger partial charge in [0, 0.05) is 38.9 Å². The van der Waals surface area contributed by atoms with Gasteiger partial charge in [-0.1, -0.05) is 0 Å². The van der Waals surface area contributed by atoms with Crippen molar-refractivity contribution < 1.29 is 4.42 Å². The van der Waals surface area contributed by atoms with E-state index in [0.29, 0.717) is 5.56 Å². The predicted octanol–water partition coefficient (Wildman–Crippen LogP) is 1.57. The highest BCUT2D eigenvalue weighted by molar-refractivity contribution is 5.42. The maximum Gasteiger partial charge on any atom is 0.181 e. The zero-order valence-corrected chi connectivity index (χ0v) is 12.0. The van der Waals surface area contributed by atoms with Crippen molar-refractivity contribution in [3.8, 4) is 6.07 Å². The minimum absolute atomic E-state index is 0.596. The Balaban J connectivity index is 1.57. The minimum Gasteiger partial charge on any atom is -0.448 e. The topological polar surface area (TPSA) is 69.2 Å². The number of hydrogen-bond acceptors (Lipinski definition) is 6. The van der Waals surface area contributed by atoms with Crippen molar-refractivity contribution in [2.45, 2.75) is 13.5 Å². The zero-order chi connectivity index (χ0) is 14.7. The van der Waals surface area contributed by atoms with Gasteiger partial charge in [0.05, 0.1) is 11.3 Å². The van der Waals surface area contributed by atoms with Crippen molar-refractivity contribution in [2.75, 3.05) is 31.1 Å². The number of aryl methyl sites for hydroxylation is 1. The lowest BCUT2D eigenvalue weighted by molar-refractivity contribution is 0.245. The van der Waals surface area contributed by atoms with Crippen LogP contribution in [0.25, 0.3) is 0 Å². The van der Waals surface area contributed by atoms with E-state index in [2.05, 4.69) is 25.8 Å². The molecule has 1 aliphatic rings. The predicted molar refractivity (Wildman–Crippen MR) is 77.7 cm³/mol. The molecule has 2 aromatic heterocycles. The second-order valence-electron chi connectivity index (χ2n) is 5.14. The SMILES string of the molecule is Cc1ocnc1CN1CCN(c2ccc(C#N)cn2)CC1. The standard InChI is InChI=1S/C15H17N5O/c1-12-14(18-11-21-12)10-19-4-6-20(7-5-19)15-3-2-13(8-16)9-17-15/h2-3,9,11H,4-7,10H2,1H3. The van der Waals surface area contributed by atoms with E-state index in [1.807, 2.05) is 19.1 Å². The van der Waals surface area contributed by atoms with Gasteiger partial charge in [-0.2, -0.15) is 5.26 Å². The van der Waals surface area contributed by atoms with Crippen LogP contribution >= 0.6 is 0 Å². The molecule has 0 aromatic carbocycles. The number of aromatic nitrogens is 2. The van der Waals surface area contributed by atoms with Crippen LogP contribution in [0.4, 0.5) is 5.82 Å². The summed E-state index contributed by atoms with van der Waals surface area (Å²) >= 11 is 0. The van der Waals surface area contributed by atoms with Crippen molar-refractivity contribution in [2.24, 2.45) is 0 Å². The average molecular weight is 283 g/mol. The van der Waals surface area contributed by atoms with E-state index in [0.717, 1.165) is 50.0 Å². The molecule has 0 spiro atoms. The van der Waals surface area contributed by atoms with E-state index in [1.54, 1.807) is 6.20 Å². The maximum absolute atomic E-state index is 8.79. The van der Waals surface area contributed by atoms with E-state index < -0.39 is 0 Å². The van der Waals surface area contributed by atoms with Gasteiger partial charge < -0.3 is 9.32 Å². The summed E-state index contributed by atoms with van der Waals surface area (Å²) in [7, 11) is 0. The Morgan fingerprint density at radius 2 is 2.05 bits per heavy atom. The van der Waals surface area contributed by atoms with Crippen molar-refractivity contribution >= 4 is 5.82 Å². The molecule has 6 heteroatoms. The summed E-state index contributed by atoms with van der Waals surface area (Å²) in [5.41, 5.74) is 1.61. The second kappa shape index (κ2) is 5.94. The number of rotatable bonds is 3. The molecule has 0 atom stereocenters. The fourth-order valence-electron chi connectivity index (χ4n) is 2.47. The summed E-state index contributed by atoms with van der Waals surface area (Å²) in [6.45, 7) is 6.56. The number of hydrogen-bond donors (Lipinski definition) is 0. The summed E-state index contributed by atoms with van der Waals surface area (Å²) in [4.78, 5) is 13.2. The summed E-state index contributed by atoms with van der Waals surface area (Å²) in [5, 5.41) is 8.79. The fraction of sp³-hybridized carbons (Fsp3) is 0.400. The van der Waals surface area contributed by atoms with Crippen LogP contribution in [-0.2, 0) is 6.54 Å². The first-order chi connectivity index (χ1) is 10.3. The quantitative estimate of drug-likeness (QED) is 0.851. The molecule has 108 valence electrons. The highest BCUT2D eigenvalue weighted by atomic mass is 16.3. The smallest absolute Gasteiger partial charge is 0.181 e. The molecule has 3 rings (SSSR count). The lowest BCUT2D eigenvalue weighted by Gasteiger charge is -2.35. The zero-order valence-electron chi connectivity index (χ0n) is 12.0. The van der Waals surface area contributed by atoms with Crippen LogP contribution in [0.1, 0.15) is 17.0 Å². The van der Waals surface area contributed by atoms with Crippen molar-refractivity contribution in [3.05, 3.63) is 41.7 Å². The van der Waals surface area contributed by atoms with Crippen LogP contribution in [0.15, 0.2) is 29.1 Å². The molecule has 0 amide bonds. The number of nitrogens with zero attached hydrogens (tertiary/aromatic N) is 5. The van der Waals surface area contributed by atoms with Crippen LogP contribution in [0.3, 0.4) is 0 Å². The molecule has 0 aliphatic carbocycles. The van der Waals surface area contributed by atoms with Crippen molar-refractivity contribution in [3.63, 3.8) is 0 Å². The fourth-order valence-corrected chi connectivity index (χ4v) is 2.47. The van der Waals surface area contributed by atoms with Gasteiger partial charge in [0.25, 0.3) is 0 Å². The Bertz CT molecular complexity index is 635. The molecule has 1 saturated heterocycles. The third-order valence-electron chi connectivity index (χ3n) is 3.79. The van der Waals surface area contributed by atoms with Crippen molar-refractivity contribution in [1.29, 1.82) is 5.26 Å². The van der Waals surface area contributed by atoms with Gasteiger partial charge >= 0.3 is 0 Å². The van der Waals surface area contributed by atoms with Gasteiger partial charge in [0.15, 0.2) is 6.39 Å². The lowest BCUT2D eigenvalue weighted by Crippen LogP contribution is -2.46. The van der Waals surface area contributed by atoms with Gasteiger partial charge in [-0.15, -0.1) is 0 Å². The van der Waals surface area contributed by atoms with E-state index in [1.165, 1.54) is 6.39 Å². The number of pyridine rings is 1. The third-order valence-corrected chi connectivity index (χ3v) is 3.79. The first kappa shape index (κ1) is 13.6. The Hall–Kier alpha value is -2.39. The molecule has 0 radical (unpaired) electrons. The van der Waals surface area contributed by atoms with Crippen molar-refractivity contribution in [1.82, 2.24) is 14.9 Å². The van der Waals surface area contributed by atoms with E-state index in [4.69, 9.17) is 9.68 Å². The molecular formula is C15H17N5O.